The van der Waals surface area contributed by atoms with Crippen molar-refractivity contribution in [3.05, 3.63) is 29.3 Å². The summed E-state index contributed by atoms with van der Waals surface area (Å²) >= 11 is 0. The normalized spacial score (nSPS) is 18.7. The fourth-order valence-corrected chi connectivity index (χ4v) is 2.60. The van der Waals surface area contributed by atoms with E-state index >= 15 is 0 Å². The highest BCUT2D eigenvalue weighted by Gasteiger charge is 2.28. The van der Waals surface area contributed by atoms with Gasteiger partial charge < -0.3 is 14.7 Å². The summed E-state index contributed by atoms with van der Waals surface area (Å²) in [6.07, 6.45) is 1.84. The molecular formula is C15H21NO3. The first-order chi connectivity index (χ1) is 9.10. The first-order valence-corrected chi connectivity index (χ1v) is 6.71. The van der Waals surface area contributed by atoms with Crippen LogP contribution in [0.1, 0.15) is 24.0 Å². The van der Waals surface area contributed by atoms with E-state index in [4.69, 9.17) is 4.74 Å². The van der Waals surface area contributed by atoms with E-state index in [0.717, 1.165) is 36.3 Å². The number of nitrogens with zero attached hydrogens (tertiary/aromatic N) is 1. The van der Waals surface area contributed by atoms with Crippen LogP contribution in [0.25, 0.3) is 0 Å². The Morgan fingerprint density at radius 1 is 1.37 bits per heavy atom. The number of rotatable bonds is 4. The molecule has 1 atom stereocenters. The number of benzene rings is 1. The molecule has 1 saturated heterocycles. The standard InChI is InChI=1S/C15H21NO3/c1-11-6-12(2)8-14(7-11)19-10-15(18)16-5-3-4-13(16)9-17/h6-8,13,17H,3-5,9-10H2,1-2H3/t13-/m0/s1. The van der Waals surface area contributed by atoms with Gasteiger partial charge in [-0.3, -0.25) is 4.79 Å². The number of amides is 1. The molecule has 1 fully saturated rings. The van der Waals surface area contributed by atoms with E-state index < -0.39 is 0 Å². The topological polar surface area (TPSA) is 49.8 Å². The van der Waals surface area contributed by atoms with Gasteiger partial charge in [-0.05, 0) is 49.9 Å². The molecule has 1 aliphatic heterocycles. The van der Waals surface area contributed by atoms with Gasteiger partial charge >= 0.3 is 0 Å². The zero-order valence-electron chi connectivity index (χ0n) is 11.6. The molecule has 104 valence electrons. The Morgan fingerprint density at radius 2 is 2.05 bits per heavy atom. The van der Waals surface area contributed by atoms with Crippen LogP contribution >= 0.6 is 0 Å². The molecule has 0 bridgehead atoms. The molecule has 0 aliphatic carbocycles. The molecule has 1 aromatic rings. The highest BCUT2D eigenvalue weighted by Crippen LogP contribution is 2.19. The predicted molar refractivity (Wildman–Crippen MR) is 73.2 cm³/mol. The molecular weight excluding hydrogens is 242 g/mol. The van der Waals surface area contributed by atoms with Crippen molar-refractivity contribution in [2.75, 3.05) is 19.8 Å². The van der Waals surface area contributed by atoms with Gasteiger partial charge in [-0.1, -0.05) is 6.07 Å². The Morgan fingerprint density at radius 3 is 2.68 bits per heavy atom. The second-order valence-corrected chi connectivity index (χ2v) is 5.18. The van der Waals surface area contributed by atoms with Crippen molar-refractivity contribution < 1.29 is 14.6 Å². The number of aliphatic hydroxyl groups is 1. The van der Waals surface area contributed by atoms with Crippen LogP contribution < -0.4 is 4.74 Å². The molecule has 19 heavy (non-hydrogen) atoms. The van der Waals surface area contributed by atoms with Crippen LogP contribution in [0.2, 0.25) is 0 Å². The molecule has 1 heterocycles. The van der Waals surface area contributed by atoms with E-state index in [1.807, 2.05) is 26.0 Å². The summed E-state index contributed by atoms with van der Waals surface area (Å²) in [4.78, 5) is 13.8. The summed E-state index contributed by atoms with van der Waals surface area (Å²) in [5.74, 6) is 0.682. The number of ether oxygens (including phenoxy) is 1. The van der Waals surface area contributed by atoms with Crippen molar-refractivity contribution in [1.29, 1.82) is 0 Å². The van der Waals surface area contributed by atoms with Crippen molar-refractivity contribution in [2.24, 2.45) is 0 Å². The van der Waals surface area contributed by atoms with Gasteiger partial charge in [-0.25, -0.2) is 0 Å². The van der Waals surface area contributed by atoms with Crippen molar-refractivity contribution in [3.63, 3.8) is 0 Å². The summed E-state index contributed by atoms with van der Waals surface area (Å²) in [6, 6.07) is 5.88. The van der Waals surface area contributed by atoms with Crippen LogP contribution in [0.4, 0.5) is 0 Å². The fraction of sp³-hybridized carbons (Fsp3) is 0.533. The first kappa shape index (κ1) is 13.9. The van der Waals surface area contributed by atoms with Gasteiger partial charge in [0.05, 0.1) is 12.6 Å². The van der Waals surface area contributed by atoms with Gasteiger partial charge in [0.2, 0.25) is 0 Å². The van der Waals surface area contributed by atoms with Crippen LogP contribution in [-0.4, -0.2) is 41.7 Å². The molecule has 0 saturated carbocycles. The maximum atomic E-state index is 12.0. The van der Waals surface area contributed by atoms with Crippen molar-refractivity contribution in [3.8, 4) is 5.75 Å². The van der Waals surface area contributed by atoms with Crippen LogP contribution in [0.15, 0.2) is 18.2 Å². The zero-order chi connectivity index (χ0) is 13.8. The number of carbonyl (C=O) groups excluding carboxylic acids is 1. The quantitative estimate of drug-likeness (QED) is 0.899. The second kappa shape index (κ2) is 6.06. The highest BCUT2D eigenvalue weighted by atomic mass is 16.5. The van der Waals surface area contributed by atoms with Gasteiger partial charge in [-0.2, -0.15) is 0 Å². The third-order valence-electron chi connectivity index (χ3n) is 3.47. The number of hydrogen-bond acceptors (Lipinski definition) is 3. The minimum absolute atomic E-state index is 0.0321. The molecule has 0 radical (unpaired) electrons. The lowest BCUT2D eigenvalue weighted by Crippen LogP contribution is -2.40. The van der Waals surface area contributed by atoms with Gasteiger partial charge in [0.1, 0.15) is 5.75 Å². The molecule has 4 heteroatoms. The lowest BCUT2D eigenvalue weighted by atomic mass is 10.1. The average Bonchev–Trinajstić information content (AvgIpc) is 2.83. The minimum Gasteiger partial charge on any atom is -0.484 e. The maximum Gasteiger partial charge on any atom is 0.260 e. The Bertz CT molecular complexity index is 438. The highest BCUT2D eigenvalue weighted by molar-refractivity contribution is 5.78. The molecule has 0 spiro atoms. The third-order valence-corrected chi connectivity index (χ3v) is 3.47. The molecule has 0 aromatic heterocycles. The average molecular weight is 263 g/mol. The third kappa shape index (κ3) is 3.47. The van der Waals surface area contributed by atoms with Gasteiger partial charge in [-0.15, -0.1) is 0 Å². The Hall–Kier alpha value is -1.55. The largest absolute Gasteiger partial charge is 0.484 e. The van der Waals surface area contributed by atoms with Crippen LogP contribution in [0.5, 0.6) is 5.75 Å². The molecule has 0 unspecified atom stereocenters. The number of aryl methyl sites for hydroxylation is 2. The van der Waals surface area contributed by atoms with Gasteiger partial charge in [0, 0.05) is 6.54 Å². The Labute approximate surface area is 114 Å². The molecule has 1 N–H and O–H groups in total. The van der Waals surface area contributed by atoms with E-state index in [9.17, 15) is 9.90 Å². The van der Waals surface area contributed by atoms with E-state index in [-0.39, 0.29) is 25.2 Å². The monoisotopic (exact) mass is 263 g/mol. The minimum atomic E-state index is -0.0456. The fourth-order valence-electron chi connectivity index (χ4n) is 2.60. The summed E-state index contributed by atoms with van der Waals surface area (Å²) in [7, 11) is 0. The summed E-state index contributed by atoms with van der Waals surface area (Å²) in [6.45, 7) is 4.81. The number of likely N-dealkylation sites (tertiary alicyclic amines) is 1. The van der Waals surface area contributed by atoms with E-state index in [1.165, 1.54) is 0 Å². The SMILES string of the molecule is Cc1cc(C)cc(OCC(=O)N2CCC[C@H]2CO)c1. The molecule has 1 aromatic carbocycles. The van der Waals surface area contributed by atoms with Gasteiger partial charge in [0.25, 0.3) is 5.91 Å². The van der Waals surface area contributed by atoms with Crippen LogP contribution in [-0.2, 0) is 4.79 Å². The maximum absolute atomic E-state index is 12.0. The Kier molecular flexibility index (Phi) is 4.43. The van der Waals surface area contributed by atoms with Crippen molar-refractivity contribution in [2.45, 2.75) is 32.7 Å². The van der Waals surface area contributed by atoms with Crippen LogP contribution in [0.3, 0.4) is 0 Å². The second-order valence-electron chi connectivity index (χ2n) is 5.18. The van der Waals surface area contributed by atoms with Crippen molar-refractivity contribution >= 4 is 5.91 Å². The molecule has 1 amide bonds. The first-order valence-electron chi connectivity index (χ1n) is 6.71. The summed E-state index contributed by atoms with van der Waals surface area (Å²) in [5.41, 5.74) is 2.24. The summed E-state index contributed by atoms with van der Waals surface area (Å²) in [5, 5.41) is 9.21. The van der Waals surface area contributed by atoms with E-state index in [2.05, 4.69) is 6.07 Å². The van der Waals surface area contributed by atoms with Crippen LogP contribution in [0, 0.1) is 13.8 Å². The number of hydrogen-bond donors (Lipinski definition) is 1. The smallest absolute Gasteiger partial charge is 0.260 e. The Balaban J connectivity index is 1.93. The molecule has 4 nitrogen and oxygen atoms in total. The lowest BCUT2D eigenvalue weighted by Gasteiger charge is -2.23. The van der Waals surface area contributed by atoms with Crippen molar-refractivity contribution in [1.82, 2.24) is 4.90 Å². The summed E-state index contributed by atoms with van der Waals surface area (Å²) < 4.78 is 5.56. The molecule has 2 rings (SSSR count). The number of carbonyl (C=O) groups is 1. The lowest BCUT2D eigenvalue weighted by molar-refractivity contribution is -0.134. The van der Waals surface area contributed by atoms with Gasteiger partial charge in [0.15, 0.2) is 6.61 Å². The van der Waals surface area contributed by atoms with E-state index in [0.29, 0.717) is 0 Å². The van der Waals surface area contributed by atoms with E-state index in [1.54, 1.807) is 4.90 Å². The predicted octanol–water partition coefficient (Wildman–Crippen LogP) is 1.67. The zero-order valence-corrected chi connectivity index (χ0v) is 11.6. The number of aliphatic hydroxyl groups excluding tert-OH is 1. The molecule has 1 aliphatic rings.